The van der Waals surface area contributed by atoms with Crippen molar-refractivity contribution in [3.8, 4) is 5.75 Å². The number of hydrogen-bond donors (Lipinski definition) is 0. The average Bonchev–Trinajstić information content (AvgIpc) is 2.14. The molecule has 10 heteroatoms. The molecule has 1 aromatic rings. The van der Waals surface area contributed by atoms with Crippen LogP contribution in [0.25, 0.3) is 0 Å². The number of nitro benzene ring substituents is 1. The van der Waals surface area contributed by atoms with E-state index >= 15 is 0 Å². The molecule has 0 aliphatic rings. The summed E-state index contributed by atoms with van der Waals surface area (Å²) in [4.78, 5) is 4.46. The number of alkyl halides is 5. The van der Waals surface area contributed by atoms with E-state index in [1.807, 2.05) is 0 Å². The highest BCUT2D eigenvalue weighted by molar-refractivity contribution is 9.10. The van der Waals surface area contributed by atoms with Crippen LogP contribution in [0.4, 0.5) is 27.6 Å². The second-order valence-electron chi connectivity index (χ2n) is 2.99. The molecule has 0 spiro atoms. The Morgan fingerprint density at radius 3 is 2.22 bits per heavy atom. The van der Waals surface area contributed by atoms with Crippen LogP contribution in [-0.2, 0) is 0 Å². The van der Waals surface area contributed by atoms with Crippen LogP contribution in [0.2, 0.25) is 0 Å². The zero-order valence-electron chi connectivity index (χ0n) is 8.17. The molecule has 4 nitrogen and oxygen atoms in total. The van der Waals surface area contributed by atoms with Gasteiger partial charge in [-0.25, -0.2) is 0 Å². The molecule has 0 bridgehead atoms. The summed E-state index contributed by atoms with van der Waals surface area (Å²) in [5.41, 5.74) is -0.990. The van der Waals surface area contributed by atoms with Crippen molar-refractivity contribution >= 4 is 21.6 Å². The molecule has 0 saturated carbocycles. The van der Waals surface area contributed by atoms with E-state index in [-0.39, 0.29) is 6.07 Å². The van der Waals surface area contributed by atoms with Crippen LogP contribution in [0.3, 0.4) is 0 Å². The zero-order chi connectivity index (χ0) is 14.1. The fraction of sp³-hybridized carbons (Fsp3) is 0.250. The zero-order valence-corrected chi connectivity index (χ0v) is 9.76. The molecule has 0 saturated heterocycles. The molecule has 1 rings (SSSR count). The van der Waals surface area contributed by atoms with Crippen molar-refractivity contribution in [1.29, 1.82) is 0 Å². The second-order valence-corrected chi connectivity index (χ2v) is 3.98. The summed E-state index contributed by atoms with van der Waals surface area (Å²) in [6, 6.07) is 1.31. The van der Waals surface area contributed by atoms with Gasteiger partial charge in [0.1, 0.15) is 5.75 Å². The Morgan fingerprint density at radius 1 is 1.28 bits per heavy atom. The van der Waals surface area contributed by atoms with Crippen molar-refractivity contribution in [2.75, 3.05) is 0 Å². The molecular formula is C8H3BrF5NO3. The Balaban J connectivity index is 3.01. The summed E-state index contributed by atoms with van der Waals surface area (Å²) in [5.74, 6) is -2.45. The lowest BCUT2D eigenvalue weighted by atomic mass is 10.3. The molecule has 0 atom stereocenters. The lowest BCUT2D eigenvalue weighted by Crippen LogP contribution is -2.40. The van der Waals surface area contributed by atoms with E-state index in [1.54, 1.807) is 0 Å². The summed E-state index contributed by atoms with van der Waals surface area (Å²) in [7, 11) is 0. The van der Waals surface area contributed by atoms with Crippen LogP contribution in [0.1, 0.15) is 0 Å². The third kappa shape index (κ3) is 3.06. The van der Waals surface area contributed by atoms with Gasteiger partial charge in [-0.05, 0) is 6.07 Å². The summed E-state index contributed by atoms with van der Waals surface area (Å²) in [6.07, 6.45) is -4.93. The van der Waals surface area contributed by atoms with E-state index < -0.39 is 33.1 Å². The normalized spacial score (nSPS) is 12.3. The van der Waals surface area contributed by atoms with E-state index in [0.717, 1.165) is 0 Å². The molecule has 0 amide bonds. The predicted octanol–water partition coefficient (Wildman–Crippen LogP) is 3.69. The van der Waals surface area contributed by atoms with Gasteiger partial charge >= 0.3 is 16.6 Å². The van der Waals surface area contributed by atoms with Gasteiger partial charge in [-0.2, -0.15) is 22.0 Å². The van der Waals surface area contributed by atoms with E-state index in [4.69, 9.17) is 0 Å². The minimum atomic E-state index is -4.93. The molecule has 0 radical (unpaired) electrons. The molecule has 0 heterocycles. The topological polar surface area (TPSA) is 52.4 Å². The van der Waals surface area contributed by atoms with Gasteiger partial charge in [0.2, 0.25) is 5.82 Å². The predicted molar refractivity (Wildman–Crippen MR) is 52.5 cm³/mol. The van der Waals surface area contributed by atoms with Crippen molar-refractivity contribution in [1.82, 2.24) is 0 Å². The first-order chi connectivity index (χ1) is 8.04. The highest BCUT2D eigenvalue weighted by Crippen LogP contribution is 2.41. The highest BCUT2D eigenvalue weighted by Gasteiger charge is 2.57. The summed E-state index contributed by atoms with van der Waals surface area (Å²) < 4.78 is 66.7. The van der Waals surface area contributed by atoms with Crippen LogP contribution in [0.15, 0.2) is 18.2 Å². The maximum atomic E-state index is 13.0. The van der Waals surface area contributed by atoms with Crippen molar-refractivity contribution in [3.63, 3.8) is 0 Å². The molecule has 100 valence electrons. The molecule has 1 aromatic carbocycles. The molecule has 18 heavy (non-hydrogen) atoms. The van der Waals surface area contributed by atoms with Crippen LogP contribution in [0.5, 0.6) is 5.75 Å². The molecule has 0 unspecified atom stereocenters. The summed E-state index contributed by atoms with van der Waals surface area (Å²) in [5, 5.41) is 10.2. The minimum absolute atomic E-state index is 0.213. The molecule has 0 fully saturated rings. The van der Waals surface area contributed by atoms with Gasteiger partial charge in [-0.3, -0.25) is 10.1 Å². The van der Waals surface area contributed by atoms with Crippen molar-refractivity contribution in [3.05, 3.63) is 34.1 Å². The van der Waals surface area contributed by atoms with Crippen LogP contribution < -0.4 is 4.74 Å². The smallest absolute Gasteiger partial charge is 0.427 e. The average molecular weight is 336 g/mol. The van der Waals surface area contributed by atoms with Crippen molar-refractivity contribution in [2.45, 2.75) is 10.9 Å². The van der Waals surface area contributed by atoms with E-state index in [9.17, 15) is 32.1 Å². The number of halogens is 6. The van der Waals surface area contributed by atoms with Gasteiger partial charge in [-0.15, -0.1) is 0 Å². The Labute approximate surface area is 105 Å². The van der Waals surface area contributed by atoms with E-state index in [1.165, 1.54) is 15.9 Å². The highest BCUT2D eigenvalue weighted by atomic mass is 79.9. The quantitative estimate of drug-likeness (QED) is 0.365. The molecule has 0 aliphatic heterocycles. The number of hydrogen-bond acceptors (Lipinski definition) is 3. The third-order valence-electron chi connectivity index (χ3n) is 1.69. The number of ether oxygens (including phenoxy) is 1. The Bertz CT molecular complexity index is 476. The van der Waals surface area contributed by atoms with Gasteiger partial charge in [-0.1, -0.05) is 0 Å². The second kappa shape index (κ2) is 4.67. The lowest BCUT2D eigenvalue weighted by molar-refractivity contribution is -0.387. The fourth-order valence-electron chi connectivity index (χ4n) is 0.905. The number of benzene rings is 1. The Kier molecular flexibility index (Phi) is 3.79. The van der Waals surface area contributed by atoms with E-state index in [2.05, 4.69) is 4.74 Å². The Hall–Kier alpha value is -1.45. The third-order valence-corrected chi connectivity index (χ3v) is 2.15. The summed E-state index contributed by atoms with van der Waals surface area (Å²) >= 11 is 1.40. The molecule has 0 aliphatic carbocycles. The fourth-order valence-corrected chi connectivity index (χ4v) is 0.986. The summed E-state index contributed by atoms with van der Waals surface area (Å²) in [6.45, 7) is 0. The van der Waals surface area contributed by atoms with Gasteiger partial charge in [0.05, 0.1) is 4.92 Å². The molecule has 0 N–H and O–H groups in total. The monoisotopic (exact) mass is 335 g/mol. The standard InChI is InChI=1S/C8H3BrF5NO3/c9-7(11,12)8(13,14)18-4-1-2-6(15(16)17)5(10)3-4/h1-3H. The maximum absolute atomic E-state index is 13.0. The lowest BCUT2D eigenvalue weighted by Gasteiger charge is -2.21. The van der Waals surface area contributed by atoms with Crippen LogP contribution in [-0.4, -0.2) is 15.9 Å². The van der Waals surface area contributed by atoms with E-state index in [0.29, 0.717) is 12.1 Å². The maximum Gasteiger partial charge on any atom is 0.475 e. The van der Waals surface area contributed by atoms with Crippen LogP contribution >= 0.6 is 15.9 Å². The SMILES string of the molecule is O=[N+]([O-])c1ccc(OC(F)(F)C(F)(F)Br)cc1F. The van der Waals surface area contributed by atoms with Gasteiger partial charge in [0.25, 0.3) is 0 Å². The number of nitro groups is 1. The molecule has 0 aromatic heterocycles. The molecular weight excluding hydrogens is 333 g/mol. The van der Waals surface area contributed by atoms with Crippen molar-refractivity contribution in [2.24, 2.45) is 0 Å². The number of rotatable bonds is 4. The Morgan fingerprint density at radius 2 is 1.83 bits per heavy atom. The first-order valence-electron chi connectivity index (χ1n) is 4.12. The minimum Gasteiger partial charge on any atom is -0.427 e. The van der Waals surface area contributed by atoms with Gasteiger partial charge in [0.15, 0.2) is 0 Å². The van der Waals surface area contributed by atoms with Crippen LogP contribution in [0, 0.1) is 15.9 Å². The number of nitrogens with zero attached hydrogens (tertiary/aromatic N) is 1. The first kappa shape index (κ1) is 14.6. The van der Waals surface area contributed by atoms with Crippen molar-refractivity contribution < 1.29 is 31.6 Å². The van der Waals surface area contributed by atoms with Gasteiger partial charge < -0.3 is 4.74 Å². The first-order valence-corrected chi connectivity index (χ1v) is 4.91. The largest absolute Gasteiger partial charge is 0.475 e. The van der Waals surface area contributed by atoms with Gasteiger partial charge in [0, 0.05) is 28.1 Å².